The second kappa shape index (κ2) is 14.2. The molecular weight excluding hydrogens is 698 g/mol. The number of halogens is 7. The first kappa shape index (κ1) is 34.4. The number of amides is 1. The van der Waals surface area contributed by atoms with Crippen molar-refractivity contribution in [3.8, 4) is 11.3 Å². The summed E-state index contributed by atoms with van der Waals surface area (Å²) >= 11 is 3.42. The third-order valence-corrected chi connectivity index (χ3v) is 9.81. The molecule has 0 unspecified atom stereocenters. The van der Waals surface area contributed by atoms with Crippen molar-refractivity contribution < 1.29 is 31.1 Å². The molecule has 0 spiro atoms. The SMILES string of the molecule is O=C(N[C@H](c1ccccc1)C(F)(F)F)c1c(CN2CCC(N3CCCCC3)CC2)c(-c2cccc(C(F)(F)F)c2)nc2ccc(Br)cc12. The second-order valence-corrected chi connectivity index (χ2v) is 13.4. The number of carbonyl (C=O) groups is 1. The standard InChI is InChI=1S/C36H35BrF6N4O/c37-26-12-13-30-28(21-26)31(34(48)45-33(36(41,42)43)23-8-3-1-4-9-23)29(32(44-30)24-10-7-11-25(20-24)35(38,39)40)22-46-18-14-27(15-19-46)47-16-5-2-6-17-47/h1,3-4,7-13,20-21,27,33H,2,5-6,14-19,22H2,(H,45,48)/t33-/m1/s1. The van der Waals surface area contributed by atoms with E-state index in [-0.39, 0.29) is 40.0 Å². The van der Waals surface area contributed by atoms with Gasteiger partial charge in [-0.15, -0.1) is 0 Å². The molecule has 1 aromatic heterocycles. The van der Waals surface area contributed by atoms with E-state index in [2.05, 4.69) is 31.0 Å². The van der Waals surface area contributed by atoms with Gasteiger partial charge in [-0.1, -0.05) is 64.8 Å². The van der Waals surface area contributed by atoms with Crippen molar-refractivity contribution in [1.29, 1.82) is 0 Å². The highest BCUT2D eigenvalue weighted by atomic mass is 79.9. The molecule has 0 radical (unpaired) electrons. The van der Waals surface area contributed by atoms with Crippen LogP contribution in [-0.2, 0) is 12.7 Å². The molecule has 12 heteroatoms. The number of piperidine rings is 2. The Morgan fingerprint density at radius 2 is 1.58 bits per heavy atom. The number of fused-ring (bicyclic) bond motifs is 1. The summed E-state index contributed by atoms with van der Waals surface area (Å²) in [6.07, 6.45) is -4.15. The molecule has 1 amide bonds. The van der Waals surface area contributed by atoms with Crippen LogP contribution in [0, 0.1) is 0 Å². The fourth-order valence-electron chi connectivity index (χ4n) is 6.92. The van der Waals surface area contributed by atoms with Crippen molar-refractivity contribution >= 4 is 32.7 Å². The van der Waals surface area contributed by atoms with E-state index in [0.29, 0.717) is 29.0 Å². The normalized spacial score (nSPS) is 17.8. The molecule has 5 nitrogen and oxygen atoms in total. The van der Waals surface area contributed by atoms with Gasteiger partial charge in [0.05, 0.1) is 22.3 Å². The monoisotopic (exact) mass is 732 g/mol. The summed E-state index contributed by atoms with van der Waals surface area (Å²) in [4.78, 5) is 23.7. The molecule has 2 saturated heterocycles. The minimum atomic E-state index is -4.82. The summed E-state index contributed by atoms with van der Waals surface area (Å²) in [5.74, 6) is -0.988. The van der Waals surface area contributed by atoms with Crippen molar-refractivity contribution in [3.05, 3.63) is 99.5 Å². The van der Waals surface area contributed by atoms with Gasteiger partial charge in [-0.25, -0.2) is 4.98 Å². The molecule has 1 N–H and O–H groups in total. The number of hydrogen-bond donors (Lipinski definition) is 1. The Bertz CT molecular complexity index is 1750. The predicted molar refractivity (Wildman–Crippen MR) is 176 cm³/mol. The molecule has 4 aromatic rings. The lowest BCUT2D eigenvalue weighted by atomic mass is 9.93. The highest BCUT2D eigenvalue weighted by molar-refractivity contribution is 9.10. The largest absolute Gasteiger partial charge is 0.416 e. The molecule has 1 atom stereocenters. The third kappa shape index (κ3) is 7.71. The molecule has 2 aliphatic rings. The molecule has 254 valence electrons. The average Bonchev–Trinajstić information content (AvgIpc) is 3.07. The number of hydrogen-bond acceptors (Lipinski definition) is 4. The first-order valence-corrected chi connectivity index (χ1v) is 16.9. The number of likely N-dealkylation sites (tertiary alicyclic amines) is 2. The number of nitrogens with one attached hydrogen (secondary N) is 1. The first-order chi connectivity index (χ1) is 22.9. The van der Waals surface area contributed by atoms with Gasteiger partial charge in [-0.2, -0.15) is 26.3 Å². The van der Waals surface area contributed by atoms with Gasteiger partial charge < -0.3 is 10.2 Å². The van der Waals surface area contributed by atoms with Gasteiger partial charge in [0.2, 0.25) is 0 Å². The summed E-state index contributed by atoms with van der Waals surface area (Å²) in [6.45, 7) is 3.56. The summed E-state index contributed by atoms with van der Waals surface area (Å²) < 4.78 is 85.6. The van der Waals surface area contributed by atoms with Crippen LogP contribution in [0.1, 0.15) is 65.2 Å². The Balaban J connectivity index is 1.46. The third-order valence-electron chi connectivity index (χ3n) is 9.32. The molecule has 0 saturated carbocycles. The number of nitrogens with zero attached hydrogens (tertiary/aromatic N) is 3. The summed E-state index contributed by atoms with van der Waals surface area (Å²) in [5.41, 5.74) is -0.276. The second-order valence-electron chi connectivity index (χ2n) is 12.5. The van der Waals surface area contributed by atoms with E-state index in [1.54, 1.807) is 24.3 Å². The zero-order chi connectivity index (χ0) is 34.1. The zero-order valence-corrected chi connectivity index (χ0v) is 27.6. The van der Waals surface area contributed by atoms with Gasteiger partial charge in [0.15, 0.2) is 6.04 Å². The Morgan fingerprint density at radius 1 is 0.875 bits per heavy atom. The van der Waals surface area contributed by atoms with E-state index >= 15 is 0 Å². The van der Waals surface area contributed by atoms with Crippen LogP contribution in [0.15, 0.2) is 77.3 Å². The number of benzene rings is 3. The Kier molecular flexibility index (Phi) is 10.1. The Hall–Kier alpha value is -3.48. The maximum atomic E-state index is 14.5. The molecule has 2 aliphatic heterocycles. The van der Waals surface area contributed by atoms with Gasteiger partial charge in [-0.05, 0) is 87.8 Å². The number of alkyl halides is 6. The topological polar surface area (TPSA) is 48.5 Å². The van der Waals surface area contributed by atoms with Crippen LogP contribution in [0.2, 0.25) is 0 Å². The molecule has 48 heavy (non-hydrogen) atoms. The van der Waals surface area contributed by atoms with E-state index in [9.17, 15) is 31.1 Å². The summed E-state index contributed by atoms with van der Waals surface area (Å²) in [7, 11) is 0. The molecule has 0 bridgehead atoms. The zero-order valence-electron chi connectivity index (χ0n) is 26.0. The number of carbonyl (C=O) groups excluding carboxylic acids is 1. The van der Waals surface area contributed by atoms with Crippen LogP contribution in [0.4, 0.5) is 26.3 Å². The average molecular weight is 734 g/mol. The van der Waals surface area contributed by atoms with Gasteiger partial charge in [0.25, 0.3) is 5.91 Å². The van der Waals surface area contributed by atoms with E-state index < -0.39 is 29.9 Å². The molecule has 3 aromatic carbocycles. The lowest BCUT2D eigenvalue weighted by Gasteiger charge is -2.40. The lowest BCUT2D eigenvalue weighted by molar-refractivity contribution is -0.155. The maximum Gasteiger partial charge on any atom is 0.416 e. The van der Waals surface area contributed by atoms with E-state index in [1.165, 1.54) is 55.7 Å². The fourth-order valence-corrected chi connectivity index (χ4v) is 7.28. The van der Waals surface area contributed by atoms with E-state index in [4.69, 9.17) is 4.98 Å². The van der Waals surface area contributed by atoms with E-state index in [1.807, 2.05) is 0 Å². The maximum absolute atomic E-state index is 14.5. The van der Waals surface area contributed by atoms with Crippen molar-refractivity contribution in [2.75, 3.05) is 26.2 Å². The molecular formula is C36H35BrF6N4O. The lowest BCUT2D eigenvalue weighted by Crippen LogP contribution is -2.46. The number of rotatable bonds is 7. The van der Waals surface area contributed by atoms with Gasteiger partial charge in [0.1, 0.15) is 0 Å². The fraction of sp³-hybridized carbons (Fsp3) is 0.389. The first-order valence-electron chi connectivity index (χ1n) is 16.1. The van der Waals surface area contributed by atoms with Crippen LogP contribution in [0.5, 0.6) is 0 Å². The van der Waals surface area contributed by atoms with Gasteiger partial charge >= 0.3 is 12.4 Å². The molecule has 6 rings (SSSR count). The van der Waals surface area contributed by atoms with Crippen molar-refractivity contribution in [2.24, 2.45) is 0 Å². The van der Waals surface area contributed by atoms with Crippen LogP contribution in [0.25, 0.3) is 22.2 Å². The van der Waals surface area contributed by atoms with Gasteiger partial charge in [-0.3, -0.25) is 9.69 Å². The van der Waals surface area contributed by atoms with Crippen molar-refractivity contribution in [1.82, 2.24) is 20.1 Å². The van der Waals surface area contributed by atoms with Gasteiger partial charge in [0, 0.05) is 33.6 Å². The minimum absolute atomic E-state index is 0.0444. The molecule has 3 heterocycles. The van der Waals surface area contributed by atoms with Crippen LogP contribution >= 0.6 is 15.9 Å². The van der Waals surface area contributed by atoms with Crippen LogP contribution in [-0.4, -0.2) is 59.1 Å². The molecule has 0 aliphatic carbocycles. The Labute approximate surface area is 283 Å². The smallest absolute Gasteiger partial charge is 0.337 e. The van der Waals surface area contributed by atoms with E-state index in [0.717, 1.165) is 38.1 Å². The van der Waals surface area contributed by atoms with Crippen LogP contribution < -0.4 is 5.32 Å². The summed E-state index contributed by atoms with van der Waals surface area (Å²) in [5, 5.41) is 2.53. The van der Waals surface area contributed by atoms with Crippen molar-refractivity contribution in [3.63, 3.8) is 0 Å². The Morgan fingerprint density at radius 3 is 2.25 bits per heavy atom. The molecule has 2 fully saturated rings. The quantitative estimate of drug-likeness (QED) is 0.193. The highest BCUT2D eigenvalue weighted by Gasteiger charge is 2.42. The number of pyridine rings is 1. The highest BCUT2D eigenvalue weighted by Crippen LogP contribution is 2.38. The van der Waals surface area contributed by atoms with Crippen LogP contribution in [0.3, 0.4) is 0 Å². The summed E-state index contributed by atoms with van der Waals surface area (Å²) in [6, 6.07) is 14.8. The minimum Gasteiger partial charge on any atom is -0.337 e. The predicted octanol–water partition coefficient (Wildman–Crippen LogP) is 9.17. The van der Waals surface area contributed by atoms with Crippen molar-refractivity contribution in [2.45, 2.75) is 63.1 Å². The number of aromatic nitrogens is 1.